The van der Waals surface area contributed by atoms with Crippen LogP contribution in [0.25, 0.3) is 21.9 Å². The van der Waals surface area contributed by atoms with Crippen molar-refractivity contribution in [1.82, 2.24) is 4.98 Å². The second-order valence-electron chi connectivity index (χ2n) is 10.7. The number of fused-ring (bicyclic) bond motifs is 3. The molecule has 3 aromatic carbocycles. The van der Waals surface area contributed by atoms with Gasteiger partial charge in [-0.05, 0) is 87.7 Å². The number of hydrogen-bond donors (Lipinski definition) is 2. The highest BCUT2D eigenvalue weighted by molar-refractivity contribution is 7.87. The number of benzene rings is 3. The molecule has 0 spiro atoms. The minimum absolute atomic E-state index is 0.0590. The number of hydrogen-bond acceptors (Lipinski definition) is 9. The molecule has 1 aliphatic heterocycles. The molecule has 6 rings (SSSR count). The molecular formula is C31H26N2O8S. The van der Waals surface area contributed by atoms with Crippen LogP contribution in [0.5, 0.6) is 17.2 Å². The zero-order valence-corrected chi connectivity index (χ0v) is 23.7. The van der Waals surface area contributed by atoms with Gasteiger partial charge in [0, 0.05) is 22.7 Å². The summed E-state index contributed by atoms with van der Waals surface area (Å²) in [6.45, 7) is 5.48. The van der Waals surface area contributed by atoms with Gasteiger partial charge in [0.2, 0.25) is 0 Å². The number of aryl methyl sites for hydroxylation is 2. The summed E-state index contributed by atoms with van der Waals surface area (Å²) in [5.74, 6) is -0.622. The van der Waals surface area contributed by atoms with Gasteiger partial charge in [0.05, 0.1) is 10.9 Å². The van der Waals surface area contributed by atoms with Crippen molar-refractivity contribution < 1.29 is 31.7 Å². The van der Waals surface area contributed by atoms with E-state index in [1.54, 1.807) is 36.4 Å². The fourth-order valence-electron chi connectivity index (χ4n) is 4.90. The monoisotopic (exact) mass is 586 g/mol. The number of carbonyl (C=O) groups is 1. The van der Waals surface area contributed by atoms with Crippen LogP contribution in [0.3, 0.4) is 0 Å². The first-order chi connectivity index (χ1) is 19.9. The summed E-state index contributed by atoms with van der Waals surface area (Å²) < 4.78 is 44.0. The molecule has 3 heterocycles. The summed E-state index contributed by atoms with van der Waals surface area (Å²) in [5, 5.41) is 13.5. The van der Waals surface area contributed by atoms with Crippen LogP contribution in [0, 0.1) is 6.92 Å². The summed E-state index contributed by atoms with van der Waals surface area (Å²) in [6.07, 6.45) is 2.98. The van der Waals surface area contributed by atoms with E-state index in [0.29, 0.717) is 17.7 Å². The Kier molecular flexibility index (Phi) is 6.42. The summed E-state index contributed by atoms with van der Waals surface area (Å²) >= 11 is 0. The predicted octanol–water partition coefficient (Wildman–Crippen LogP) is 5.48. The third-order valence-electron chi connectivity index (χ3n) is 7.25. The molecule has 0 saturated heterocycles. The Morgan fingerprint density at radius 1 is 1.10 bits per heavy atom. The van der Waals surface area contributed by atoms with Crippen molar-refractivity contribution in [2.45, 2.75) is 44.1 Å². The number of amides is 1. The number of nitrogens with zero attached hydrogens (tertiary/aromatic N) is 1. The van der Waals surface area contributed by atoms with Crippen LogP contribution in [0.4, 0.5) is 5.69 Å². The molecule has 214 valence electrons. The van der Waals surface area contributed by atoms with Crippen molar-refractivity contribution in [1.29, 1.82) is 0 Å². The maximum atomic E-state index is 13.5. The number of rotatable bonds is 5. The number of aromatic nitrogens is 1. The van der Waals surface area contributed by atoms with E-state index in [-0.39, 0.29) is 38.3 Å². The number of nitrogens with one attached hydrogen (secondary N) is 1. The van der Waals surface area contributed by atoms with Gasteiger partial charge in [-0.25, -0.2) is 4.79 Å². The van der Waals surface area contributed by atoms with Crippen LogP contribution in [0.1, 0.15) is 41.8 Å². The molecule has 0 fully saturated rings. The van der Waals surface area contributed by atoms with E-state index in [9.17, 15) is 23.1 Å². The number of pyridine rings is 1. The molecule has 0 atom stereocenters. The second-order valence-corrected chi connectivity index (χ2v) is 12.3. The molecule has 2 N–H and O–H groups in total. The van der Waals surface area contributed by atoms with Crippen molar-refractivity contribution in [2.24, 2.45) is 0 Å². The van der Waals surface area contributed by atoms with Crippen LogP contribution < -0.4 is 19.9 Å². The minimum Gasteiger partial charge on any atom is -0.508 e. The lowest BCUT2D eigenvalue weighted by molar-refractivity contribution is 0.0846. The number of phenols is 1. The Hall–Kier alpha value is -4.90. The van der Waals surface area contributed by atoms with E-state index in [2.05, 4.69) is 10.3 Å². The Bertz CT molecular complexity index is 2080. The number of aromatic hydroxyl groups is 1. The van der Waals surface area contributed by atoms with E-state index in [0.717, 1.165) is 17.4 Å². The van der Waals surface area contributed by atoms with E-state index >= 15 is 0 Å². The van der Waals surface area contributed by atoms with Gasteiger partial charge in [0.15, 0.2) is 11.4 Å². The molecule has 2 aromatic heterocycles. The molecule has 0 bridgehead atoms. The van der Waals surface area contributed by atoms with E-state index < -0.39 is 33.1 Å². The van der Waals surface area contributed by atoms with Gasteiger partial charge < -0.3 is 23.8 Å². The van der Waals surface area contributed by atoms with Crippen molar-refractivity contribution >= 4 is 43.6 Å². The molecule has 42 heavy (non-hydrogen) atoms. The average molecular weight is 587 g/mol. The first kappa shape index (κ1) is 27.3. The van der Waals surface area contributed by atoms with Gasteiger partial charge in [0.1, 0.15) is 27.6 Å². The Balaban J connectivity index is 1.43. The average Bonchev–Trinajstić information content (AvgIpc) is 2.96. The predicted molar refractivity (Wildman–Crippen MR) is 156 cm³/mol. The summed E-state index contributed by atoms with van der Waals surface area (Å²) in [7, 11) is -4.53. The van der Waals surface area contributed by atoms with Crippen LogP contribution in [0.15, 0.2) is 81.0 Å². The molecule has 11 heteroatoms. The quantitative estimate of drug-likeness (QED) is 0.202. The number of anilines is 1. The Labute approximate surface area is 240 Å². The summed E-state index contributed by atoms with van der Waals surface area (Å²) in [6, 6.07) is 15.4. The molecule has 0 radical (unpaired) electrons. The van der Waals surface area contributed by atoms with Crippen molar-refractivity contribution in [3.8, 4) is 17.2 Å². The van der Waals surface area contributed by atoms with E-state index in [4.69, 9.17) is 13.3 Å². The van der Waals surface area contributed by atoms with Crippen LogP contribution in [0.2, 0.25) is 0 Å². The SMILES string of the molecule is Cc1c(O)ccc2c(OS(=O)(=O)c3ccc4cccnc4c3)c(NC(=O)c3ccc4c(c3)CCC(C)(C)O4)c(=O)oc12. The highest BCUT2D eigenvalue weighted by Crippen LogP contribution is 2.38. The molecule has 5 aromatic rings. The molecule has 0 saturated carbocycles. The third-order valence-corrected chi connectivity index (χ3v) is 8.47. The molecule has 10 nitrogen and oxygen atoms in total. The fourth-order valence-corrected chi connectivity index (χ4v) is 5.88. The lowest BCUT2D eigenvalue weighted by Crippen LogP contribution is -2.32. The van der Waals surface area contributed by atoms with Crippen LogP contribution in [-0.2, 0) is 16.5 Å². The van der Waals surface area contributed by atoms with E-state index in [1.807, 2.05) is 13.8 Å². The van der Waals surface area contributed by atoms with Crippen LogP contribution in [-0.4, -0.2) is 30.0 Å². The number of ether oxygens (including phenoxy) is 1. The minimum atomic E-state index is -4.53. The van der Waals surface area contributed by atoms with Gasteiger partial charge in [0.25, 0.3) is 5.91 Å². The van der Waals surface area contributed by atoms with Crippen molar-refractivity contribution in [3.63, 3.8) is 0 Å². The third kappa shape index (κ3) is 4.92. The van der Waals surface area contributed by atoms with Gasteiger partial charge in [-0.1, -0.05) is 12.1 Å². The van der Waals surface area contributed by atoms with Gasteiger partial charge in [-0.2, -0.15) is 8.42 Å². The number of phenolic OH excluding ortho intramolecular Hbond substituents is 1. The highest BCUT2D eigenvalue weighted by atomic mass is 32.2. The smallest absolute Gasteiger partial charge is 0.364 e. The lowest BCUT2D eigenvalue weighted by atomic mass is 9.93. The van der Waals surface area contributed by atoms with Gasteiger partial charge in [-0.3, -0.25) is 9.78 Å². The molecule has 0 aliphatic carbocycles. The normalized spacial score (nSPS) is 14.3. The fraction of sp³-hybridized carbons (Fsp3) is 0.194. The number of carbonyl (C=O) groups excluding carboxylic acids is 1. The highest BCUT2D eigenvalue weighted by Gasteiger charge is 2.29. The van der Waals surface area contributed by atoms with Crippen LogP contribution >= 0.6 is 0 Å². The Morgan fingerprint density at radius 2 is 1.90 bits per heavy atom. The standard InChI is InChI=1S/C31H26N2O8S/c1-17-24(34)10-9-22-27(17)39-30(36)26(33-29(35)20-7-11-25-19(15-20)12-13-31(2,3)40-25)28(22)41-42(37,38)21-8-6-18-5-4-14-32-23(18)16-21/h4-11,14-16,34H,12-13H2,1-3H3,(H,33,35). The van der Waals surface area contributed by atoms with Crippen molar-refractivity contribution in [3.05, 3.63) is 94.0 Å². The lowest BCUT2D eigenvalue weighted by Gasteiger charge is -2.32. The molecule has 1 amide bonds. The maximum absolute atomic E-state index is 13.5. The first-order valence-electron chi connectivity index (χ1n) is 13.1. The largest absolute Gasteiger partial charge is 0.508 e. The Morgan fingerprint density at radius 3 is 2.71 bits per heavy atom. The van der Waals surface area contributed by atoms with Gasteiger partial charge in [-0.15, -0.1) is 0 Å². The molecule has 1 aliphatic rings. The zero-order valence-electron chi connectivity index (χ0n) is 22.9. The molecular weight excluding hydrogens is 560 g/mol. The molecule has 0 unspecified atom stereocenters. The first-order valence-corrected chi connectivity index (χ1v) is 14.5. The van der Waals surface area contributed by atoms with E-state index in [1.165, 1.54) is 37.4 Å². The topological polar surface area (TPSA) is 145 Å². The summed E-state index contributed by atoms with van der Waals surface area (Å²) in [5.41, 5.74) is -0.293. The maximum Gasteiger partial charge on any atom is 0.364 e. The summed E-state index contributed by atoms with van der Waals surface area (Å²) in [4.78, 5) is 30.6. The van der Waals surface area contributed by atoms with Crippen molar-refractivity contribution in [2.75, 3.05) is 5.32 Å². The second kappa shape index (κ2) is 9.88. The zero-order chi connectivity index (χ0) is 29.8. The van der Waals surface area contributed by atoms with Gasteiger partial charge >= 0.3 is 15.7 Å².